The van der Waals surface area contributed by atoms with Crippen molar-refractivity contribution < 1.29 is 23.7 Å². The van der Waals surface area contributed by atoms with Gasteiger partial charge in [0.2, 0.25) is 0 Å². The Labute approximate surface area is 160 Å². The van der Waals surface area contributed by atoms with Crippen LogP contribution in [0.25, 0.3) is 0 Å². The monoisotopic (exact) mass is 370 g/mol. The van der Waals surface area contributed by atoms with Crippen LogP contribution in [0.1, 0.15) is 24.5 Å². The summed E-state index contributed by atoms with van der Waals surface area (Å²) in [4.78, 5) is 0. The molecule has 2 heterocycles. The molecule has 5 heteroatoms. The van der Waals surface area contributed by atoms with Gasteiger partial charge in [0.1, 0.15) is 6.10 Å². The lowest BCUT2D eigenvalue weighted by Gasteiger charge is -2.43. The van der Waals surface area contributed by atoms with Crippen LogP contribution in [0.2, 0.25) is 0 Å². The molecule has 1 spiro atoms. The molecule has 0 amide bonds. The van der Waals surface area contributed by atoms with Crippen molar-refractivity contribution >= 4 is 0 Å². The molecule has 0 radical (unpaired) electrons. The van der Waals surface area contributed by atoms with Crippen LogP contribution < -0.4 is 0 Å². The van der Waals surface area contributed by atoms with Gasteiger partial charge in [0.05, 0.1) is 45.1 Å². The maximum Gasteiger partial charge on any atom is 0.286 e. The molecule has 2 aliphatic heterocycles. The topological polar surface area (TPSA) is 46.2 Å². The van der Waals surface area contributed by atoms with Gasteiger partial charge in [-0.1, -0.05) is 60.7 Å². The maximum absolute atomic E-state index is 6.26. The Balaban J connectivity index is 1.45. The van der Waals surface area contributed by atoms with Crippen LogP contribution in [-0.4, -0.2) is 37.5 Å². The molecule has 2 saturated heterocycles. The molecule has 0 saturated carbocycles. The van der Waals surface area contributed by atoms with Crippen molar-refractivity contribution in [2.24, 2.45) is 0 Å². The van der Waals surface area contributed by atoms with E-state index in [1.165, 1.54) is 0 Å². The number of rotatable bonds is 6. The first kappa shape index (κ1) is 18.6. The van der Waals surface area contributed by atoms with Gasteiger partial charge in [-0.05, 0) is 18.1 Å². The van der Waals surface area contributed by atoms with Gasteiger partial charge in [-0.25, -0.2) is 0 Å². The molecule has 4 rings (SSSR count). The minimum Gasteiger partial charge on any atom is -0.370 e. The summed E-state index contributed by atoms with van der Waals surface area (Å²) in [6, 6.07) is 20.3. The zero-order chi connectivity index (χ0) is 18.5. The highest BCUT2D eigenvalue weighted by Gasteiger charge is 2.51. The third kappa shape index (κ3) is 4.57. The lowest BCUT2D eigenvalue weighted by molar-refractivity contribution is -0.394. The normalized spacial score (nSPS) is 27.1. The van der Waals surface area contributed by atoms with Gasteiger partial charge < -0.3 is 23.7 Å². The van der Waals surface area contributed by atoms with E-state index in [9.17, 15) is 0 Å². The third-order valence-corrected chi connectivity index (χ3v) is 4.97. The zero-order valence-electron chi connectivity index (χ0n) is 15.6. The van der Waals surface area contributed by atoms with Gasteiger partial charge in [0.25, 0.3) is 5.97 Å². The highest BCUT2D eigenvalue weighted by molar-refractivity contribution is 5.14. The maximum atomic E-state index is 6.26. The van der Waals surface area contributed by atoms with Gasteiger partial charge >= 0.3 is 0 Å². The predicted octanol–water partition coefficient (Wildman–Crippen LogP) is 3.67. The lowest BCUT2D eigenvalue weighted by atomic mass is 10.00. The lowest BCUT2D eigenvalue weighted by Crippen LogP contribution is -2.55. The van der Waals surface area contributed by atoms with Crippen LogP contribution in [0.4, 0.5) is 0 Å². The largest absolute Gasteiger partial charge is 0.370 e. The van der Waals surface area contributed by atoms with Crippen molar-refractivity contribution in [3.05, 3.63) is 71.8 Å². The van der Waals surface area contributed by atoms with Crippen molar-refractivity contribution in [1.29, 1.82) is 0 Å². The summed E-state index contributed by atoms with van der Waals surface area (Å²) in [5.41, 5.74) is 2.25. The van der Waals surface area contributed by atoms with Gasteiger partial charge in [-0.2, -0.15) is 0 Å². The smallest absolute Gasteiger partial charge is 0.286 e. The minimum absolute atomic E-state index is 0.184. The Morgan fingerprint density at radius 2 is 1.41 bits per heavy atom. The van der Waals surface area contributed by atoms with E-state index in [0.717, 1.165) is 11.1 Å². The summed E-state index contributed by atoms with van der Waals surface area (Å²) >= 11 is 0. The molecule has 2 fully saturated rings. The molecule has 144 valence electrons. The Bertz CT molecular complexity index is 699. The zero-order valence-corrected chi connectivity index (χ0v) is 15.6. The van der Waals surface area contributed by atoms with E-state index < -0.39 is 5.97 Å². The molecule has 2 aliphatic rings. The summed E-state index contributed by atoms with van der Waals surface area (Å²) in [6.45, 7) is 4.08. The quantitative estimate of drug-likeness (QED) is 0.776. The molecule has 0 unspecified atom stereocenters. The second kappa shape index (κ2) is 8.50. The van der Waals surface area contributed by atoms with Crippen LogP contribution in [0.3, 0.4) is 0 Å². The van der Waals surface area contributed by atoms with Gasteiger partial charge in [-0.15, -0.1) is 0 Å². The van der Waals surface area contributed by atoms with E-state index in [1.807, 2.05) is 43.3 Å². The van der Waals surface area contributed by atoms with E-state index in [0.29, 0.717) is 32.8 Å². The van der Waals surface area contributed by atoms with Crippen molar-refractivity contribution in [2.75, 3.05) is 13.2 Å². The minimum atomic E-state index is -1.01. The molecule has 3 atom stereocenters. The summed E-state index contributed by atoms with van der Waals surface area (Å²) in [7, 11) is 0. The van der Waals surface area contributed by atoms with E-state index in [4.69, 9.17) is 23.7 Å². The average Bonchev–Trinajstić information content (AvgIpc) is 3.14. The number of ether oxygens (including phenoxy) is 5. The molecular weight excluding hydrogens is 344 g/mol. The van der Waals surface area contributed by atoms with Crippen molar-refractivity contribution in [3.63, 3.8) is 0 Å². The molecular formula is C22H26O5. The average molecular weight is 370 g/mol. The highest BCUT2D eigenvalue weighted by atomic mass is 16.9. The van der Waals surface area contributed by atoms with Crippen molar-refractivity contribution in [1.82, 2.24) is 0 Å². The molecule has 2 aromatic carbocycles. The molecule has 0 N–H and O–H groups in total. The van der Waals surface area contributed by atoms with Crippen LogP contribution in [0.5, 0.6) is 0 Å². The van der Waals surface area contributed by atoms with Gasteiger partial charge in [0.15, 0.2) is 0 Å². The fourth-order valence-electron chi connectivity index (χ4n) is 3.63. The van der Waals surface area contributed by atoms with E-state index in [1.54, 1.807) is 0 Å². The van der Waals surface area contributed by atoms with Crippen LogP contribution in [0.15, 0.2) is 60.7 Å². The van der Waals surface area contributed by atoms with Crippen molar-refractivity contribution in [2.45, 2.75) is 50.8 Å². The first-order valence-corrected chi connectivity index (χ1v) is 9.51. The Hall–Kier alpha value is -1.76. The van der Waals surface area contributed by atoms with Crippen LogP contribution in [-0.2, 0) is 36.9 Å². The molecule has 0 bridgehead atoms. The first-order valence-electron chi connectivity index (χ1n) is 9.51. The second-order valence-corrected chi connectivity index (χ2v) is 7.00. The van der Waals surface area contributed by atoms with Crippen molar-refractivity contribution in [3.8, 4) is 0 Å². The Kier molecular flexibility index (Phi) is 5.86. The van der Waals surface area contributed by atoms with Gasteiger partial charge in [-0.3, -0.25) is 0 Å². The van der Waals surface area contributed by atoms with Crippen LogP contribution >= 0.6 is 0 Å². The molecule has 2 aromatic rings. The van der Waals surface area contributed by atoms with E-state index in [2.05, 4.69) is 24.3 Å². The Morgan fingerprint density at radius 1 is 0.852 bits per heavy atom. The van der Waals surface area contributed by atoms with Crippen LogP contribution in [0, 0.1) is 0 Å². The number of benzene rings is 2. The number of hydrogen-bond acceptors (Lipinski definition) is 5. The first-order chi connectivity index (χ1) is 13.2. The fourth-order valence-corrected chi connectivity index (χ4v) is 3.63. The highest BCUT2D eigenvalue weighted by Crippen LogP contribution is 2.37. The number of hydrogen-bond donors (Lipinski definition) is 0. The third-order valence-electron chi connectivity index (χ3n) is 4.97. The summed E-state index contributed by atoms with van der Waals surface area (Å²) in [6.07, 6.45) is -0.103. The molecule has 0 aromatic heterocycles. The second-order valence-electron chi connectivity index (χ2n) is 7.00. The predicted molar refractivity (Wildman–Crippen MR) is 99.8 cm³/mol. The molecule has 0 aliphatic carbocycles. The SMILES string of the molecule is C[C@H]1OC2(C[C@@H](OCc3ccccc3)[C@@H]1OCc1ccccc1)OCCO2. The Morgan fingerprint density at radius 3 is 2.00 bits per heavy atom. The summed E-state index contributed by atoms with van der Waals surface area (Å²) in [5.74, 6) is -1.01. The van der Waals surface area contributed by atoms with Gasteiger partial charge in [0, 0.05) is 0 Å². The van der Waals surface area contributed by atoms with E-state index in [-0.39, 0.29) is 18.3 Å². The summed E-state index contributed by atoms with van der Waals surface area (Å²) in [5, 5.41) is 0. The molecule has 5 nitrogen and oxygen atoms in total. The summed E-state index contributed by atoms with van der Waals surface area (Å²) < 4.78 is 30.1. The standard InChI is InChI=1S/C22H26O5/c1-17-21(24-16-19-10-6-3-7-11-19)20(14-22(27-17)25-12-13-26-22)23-15-18-8-4-2-5-9-18/h2-11,17,20-21H,12-16H2,1H3/t17-,20-,21-/m1/s1. The van der Waals surface area contributed by atoms with E-state index >= 15 is 0 Å². The fraction of sp³-hybridized carbons (Fsp3) is 0.455. The molecule has 27 heavy (non-hydrogen) atoms.